The van der Waals surface area contributed by atoms with Crippen LogP contribution in [0.2, 0.25) is 0 Å². The summed E-state index contributed by atoms with van der Waals surface area (Å²) in [6.45, 7) is 2.92. The largest absolute Gasteiger partial charge is 0.485 e. The molecule has 4 heteroatoms. The van der Waals surface area contributed by atoms with Crippen LogP contribution in [0.15, 0.2) is 18.2 Å². The molecule has 1 aromatic carbocycles. The van der Waals surface area contributed by atoms with E-state index in [4.69, 9.17) is 4.74 Å². The highest BCUT2D eigenvalue weighted by molar-refractivity contribution is 5.39. The molecule has 1 fully saturated rings. The number of aliphatic hydroxyl groups excluding tert-OH is 1. The smallest absolute Gasteiger partial charge is 0.128 e. The van der Waals surface area contributed by atoms with Gasteiger partial charge in [-0.25, -0.2) is 4.39 Å². The van der Waals surface area contributed by atoms with Crippen LogP contribution in [0.1, 0.15) is 31.4 Å². The number of rotatable bonds is 0. The zero-order chi connectivity index (χ0) is 12.9. The van der Waals surface area contributed by atoms with Crippen LogP contribution in [0.25, 0.3) is 0 Å². The number of hydrogen-bond donors (Lipinski definition) is 1. The SMILES string of the molecule is CC1CC2(C[C@H](O)c3ccc(F)cc3O2)CN1C. The van der Waals surface area contributed by atoms with Crippen molar-refractivity contribution >= 4 is 0 Å². The first-order valence-corrected chi connectivity index (χ1v) is 6.36. The van der Waals surface area contributed by atoms with Gasteiger partial charge < -0.3 is 9.84 Å². The summed E-state index contributed by atoms with van der Waals surface area (Å²) in [5, 5.41) is 10.2. The topological polar surface area (TPSA) is 32.7 Å². The third-order valence-electron chi connectivity index (χ3n) is 4.18. The molecule has 1 saturated heterocycles. The van der Waals surface area contributed by atoms with Gasteiger partial charge in [-0.05, 0) is 26.1 Å². The highest BCUT2D eigenvalue weighted by Crippen LogP contribution is 2.44. The van der Waals surface area contributed by atoms with E-state index in [0.717, 1.165) is 13.0 Å². The van der Waals surface area contributed by atoms with Crippen LogP contribution in [0, 0.1) is 5.82 Å². The van der Waals surface area contributed by atoms with Crippen molar-refractivity contribution in [1.82, 2.24) is 4.90 Å². The first-order chi connectivity index (χ1) is 8.49. The number of hydrogen-bond acceptors (Lipinski definition) is 3. The Kier molecular flexibility index (Phi) is 2.61. The van der Waals surface area contributed by atoms with E-state index in [1.807, 2.05) is 0 Å². The molecule has 1 N–H and O–H groups in total. The van der Waals surface area contributed by atoms with Gasteiger partial charge in [-0.3, -0.25) is 4.90 Å². The number of fused-ring (bicyclic) bond motifs is 1. The molecule has 0 saturated carbocycles. The van der Waals surface area contributed by atoms with Gasteiger partial charge in [0.2, 0.25) is 0 Å². The van der Waals surface area contributed by atoms with Crippen molar-refractivity contribution in [2.24, 2.45) is 0 Å². The second-order valence-electron chi connectivity index (χ2n) is 5.66. The van der Waals surface area contributed by atoms with E-state index in [2.05, 4.69) is 18.9 Å². The fourth-order valence-corrected chi connectivity index (χ4v) is 3.20. The summed E-state index contributed by atoms with van der Waals surface area (Å²) in [6, 6.07) is 4.78. The minimum atomic E-state index is -0.562. The van der Waals surface area contributed by atoms with Gasteiger partial charge in [-0.1, -0.05) is 0 Å². The molecular weight excluding hydrogens is 233 g/mol. The maximum atomic E-state index is 13.3. The number of benzene rings is 1. The van der Waals surface area contributed by atoms with Crippen LogP contribution >= 0.6 is 0 Å². The number of halogens is 1. The van der Waals surface area contributed by atoms with Gasteiger partial charge in [0.1, 0.15) is 17.2 Å². The van der Waals surface area contributed by atoms with Crippen molar-refractivity contribution in [2.75, 3.05) is 13.6 Å². The number of likely N-dealkylation sites (N-methyl/N-ethyl adjacent to an activating group) is 1. The first-order valence-electron chi connectivity index (χ1n) is 6.36. The summed E-state index contributed by atoms with van der Waals surface area (Å²) in [6.07, 6.45) is 0.893. The van der Waals surface area contributed by atoms with Crippen LogP contribution < -0.4 is 4.74 Å². The summed E-state index contributed by atoms with van der Waals surface area (Å²) >= 11 is 0. The highest BCUT2D eigenvalue weighted by Gasteiger charge is 2.47. The quantitative estimate of drug-likeness (QED) is 0.766. The summed E-state index contributed by atoms with van der Waals surface area (Å²) in [5.41, 5.74) is 0.332. The zero-order valence-electron chi connectivity index (χ0n) is 10.7. The van der Waals surface area contributed by atoms with Crippen molar-refractivity contribution in [3.63, 3.8) is 0 Å². The van der Waals surface area contributed by atoms with Crippen LogP contribution in [0.4, 0.5) is 4.39 Å². The summed E-state index contributed by atoms with van der Waals surface area (Å²) in [5.74, 6) is 0.175. The number of nitrogens with zero attached hydrogens (tertiary/aromatic N) is 1. The highest BCUT2D eigenvalue weighted by atomic mass is 19.1. The van der Waals surface area contributed by atoms with Crippen molar-refractivity contribution < 1.29 is 14.2 Å². The molecule has 2 heterocycles. The van der Waals surface area contributed by atoms with E-state index in [1.165, 1.54) is 12.1 Å². The number of likely N-dealkylation sites (tertiary alicyclic amines) is 1. The molecule has 0 bridgehead atoms. The van der Waals surface area contributed by atoms with Crippen molar-refractivity contribution in [3.8, 4) is 5.75 Å². The molecule has 3 nitrogen and oxygen atoms in total. The zero-order valence-corrected chi connectivity index (χ0v) is 10.7. The monoisotopic (exact) mass is 251 g/mol. The Hall–Kier alpha value is -1.13. The van der Waals surface area contributed by atoms with E-state index < -0.39 is 6.10 Å². The molecule has 0 aromatic heterocycles. The number of ether oxygens (including phenoxy) is 1. The van der Waals surface area contributed by atoms with Crippen LogP contribution in [0.3, 0.4) is 0 Å². The van der Waals surface area contributed by atoms with E-state index in [1.54, 1.807) is 6.07 Å². The van der Waals surface area contributed by atoms with Crippen LogP contribution in [0.5, 0.6) is 5.75 Å². The third-order valence-corrected chi connectivity index (χ3v) is 4.18. The second-order valence-corrected chi connectivity index (χ2v) is 5.66. The van der Waals surface area contributed by atoms with Crippen LogP contribution in [-0.4, -0.2) is 35.2 Å². The lowest BCUT2D eigenvalue weighted by atomic mass is 9.87. The van der Waals surface area contributed by atoms with Gasteiger partial charge in [0, 0.05) is 37.1 Å². The lowest BCUT2D eigenvalue weighted by Gasteiger charge is -2.38. The molecule has 98 valence electrons. The average molecular weight is 251 g/mol. The second kappa shape index (κ2) is 3.93. The van der Waals surface area contributed by atoms with Gasteiger partial charge >= 0.3 is 0 Å². The third kappa shape index (κ3) is 1.80. The molecule has 1 aromatic rings. The Balaban J connectivity index is 1.96. The standard InChI is InChI=1S/C14H18FNO2/c1-9-6-14(8-16(9)2)7-12(17)11-4-3-10(15)5-13(11)18-14/h3-5,9,12,17H,6-8H2,1-2H3/t9?,12-,14?/m0/s1. The van der Waals surface area contributed by atoms with Gasteiger partial charge in [-0.2, -0.15) is 0 Å². The van der Waals surface area contributed by atoms with Crippen molar-refractivity contribution in [3.05, 3.63) is 29.6 Å². The molecule has 1 spiro atoms. The van der Waals surface area contributed by atoms with Gasteiger partial charge in [-0.15, -0.1) is 0 Å². The average Bonchev–Trinajstić information content (AvgIpc) is 2.52. The molecule has 2 unspecified atom stereocenters. The Labute approximate surface area is 106 Å². The lowest BCUT2D eigenvalue weighted by Crippen LogP contribution is -2.43. The van der Waals surface area contributed by atoms with Gasteiger partial charge in [0.05, 0.1) is 6.10 Å². The molecule has 0 aliphatic carbocycles. The van der Waals surface area contributed by atoms with E-state index in [0.29, 0.717) is 23.8 Å². The summed E-state index contributed by atoms with van der Waals surface area (Å²) in [4.78, 5) is 2.22. The Morgan fingerprint density at radius 3 is 2.89 bits per heavy atom. The molecule has 3 atom stereocenters. The minimum absolute atomic E-state index is 0.322. The molecule has 0 amide bonds. The van der Waals surface area contributed by atoms with Crippen LogP contribution in [-0.2, 0) is 0 Å². The fraction of sp³-hybridized carbons (Fsp3) is 0.571. The summed E-state index contributed by atoms with van der Waals surface area (Å²) < 4.78 is 19.3. The molecule has 2 aliphatic heterocycles. The molecule has 3 rings (SSSR count). The van der Waals surface area contributed by atoms with Gasteiger partial charge in [0.15, 0.2) is 0 Å². The molecule has 18 heavy (non-hydrogen) atoms. The molecular formula is C14H18FNO2. The van der Waals surface area contributed by atoms with E-state index in [-0.39, 0.29) is 11.4 Å². The normalized spacial score (nSPS) is 35.6. The number of aliphatic hydroxyl groups is 1. The predicted octanol–water partition coefficient (Wildman–Crippen LogP) is 2.10. The van der Waals surface area contributed by atoms with E-state index in [9.17, 15) is 9.50 Å². The molecule has 0 radical (unpaired) electrons. The summed E-state index contributed by atoms with van der Waals surface area (Å²) in [7, 11) is 2.05. The first kappa shape index (κ1) is 11.9. The fourth-order valence-electron chi connectivity index (χ4n) is 3.20. The lowest BCUT2D eigenvalue weighted by molar-refractivity contribution is -0.00636. The maximum Gasteiger partial charge on any atom is 0.128 e. The van der Waals surface area contributed by atoms with Crippen molar-refractivity contribution in [2.45, 2.75) is 37.5 Å². The predicted molar refractivity (Wildman–Crippen MR) is 66.0 cm³/mol. The van der Waals surface area contributed by atoms with Gasteiger partial charge in [0.25, 0.3) is 0 Å². The van der Waals surface area contributed by atoms with E-state index >= 15 is 0 Å². The maximum absolute atomic E-state index is 13.3. The minimum Gasteiger partial charge on any atom is -0.485 e. The molecule has 2 aliphatic rings. The van der Waals surface area contributed by atoms with Crippen molar-refractivity contribution in [1.29, 1.82) is 0 Å². The Morgan fingerprint density at radius 1 is 1.44 bits per heavy atom. The Morgan fingerprint density at radius 2 is 2.22 bits per heavy atom. The Bertz CT molecular complexity index is 467.